The molecule has 0 heterocycles. The van der Waals surface area contributed by atoms with Crippen LogP contribution in [-0.4, -0.2) is 33.2 Å². The van der Waals surface area contributed by atoms with Gasteiger partial charge < -0.3 is 15.3 Å². The Kier molecular flexibility index (Phi) is 1.56. The fourth-order valence-corrected chi connectivity index (χ4v) is 1.13. The molecule has 12 heavy (non-hydrogen) atoms. The van der Waals surface area contributed by atoms with Crippen LogP contribution in [0.25, 0.3) is 0 Å². The lowest BCUT2D eigenvalue weighted by Gasteiger charge is -2.02. The zero-order valence-electron chi connectivity index (χ0n) is 5.85. The first kappa shape index (κ1) is 8.51. The minimum Gasteiger partial charge on any atom is -0.481 e. The average molecular weight is 174 g/mol. The van der Waals surface area contributed by atoms with Crippen LogP contribution in [0, 0.1) is 11.3 Å². The maximum atomic E-state index is 10.4. The molecule has 0 unspecified atom stereocenters. The molecule has 1 aliphatic rings. The average Bonchev–Trinajstić information content (AvgIpc) is 2.60. The molecule has 6 heteroatoms. The van der Waals surface area contributed by atoms with Crippen LogP contribution in [0.5, 0.6) is 0 Å². The highest BCUT2D eigenvalue weighted by atomic mass is 16.4. The van der Waals surface area contributed by atoms with E-state index < -0.39 is 29.2 Å². The molecule has 0 aromatic rings. The van der Waals surface area contributed by atoms with Gasteiger partial charge in [-0.3, -0.25) is 14.4 Å². The van der Waals surface area contributed by atoms with Crippen molar-refractivity contribution in [2.75, 3.05) is 0 Å². The van der Waals surface area contributed by atoms with Crippen molar-refractivity contribution in [3.8, 4) is 0 Å². The summed E-state index contributed by atoms with van der Waals surface area (Å²) in [7, 11) is 0. The van der Waals surface area contributed by atoms with Crippen molar-refractivity contribution in [1.29, 1.82) is 0 Å². The van der Waals surface area contributed by atoms with E-state index in [2.05, 4.69) is 0 Å². The number of rotatable bonds is 3. The molecule has 0 radical (unpaired) electrons. The Morgan fingerprint density at radius 1 is 1.08 bits per heavy atom. The lowest BCUT2D eigenvalue weighted by molar-refractivity contribution is -0.160. The molecule has 3 N–H and O–H groups in total. The van der Waals surface area contributed by atoms with Crippen molar-refractivity contribution in [1.82, 2.24) is 0 Å². The lowest BCUT2D eigenvalue weighted by Crippen LogP contribution is -2.29. The normalized spacial score (nSPS) is 24.5. The van der Waals surface area contributed by atoms with Gasteiger partial charge in [0.15, 0.2) is 5.41 Å². The standard InChI is InChI=1S/C6H6O6/c7-3(8)2-1-6(2,4(9)10)5(11)12/h2H,1H2,(H,7,8)(H,9,10)(H,11,12)/t2-/m1/s1. The summed E-state index contributed by atoms with van der Waals surface area (Å²) in [5.41, 5.74) is -2.08. The number of hydrogen-bond donors (Lipinski definition) is 3. The molecule has 0 amide bonds. The number of hydrogen-bond acceptors (Lipinski definition) is 3. The molecule has 0 spiro atoms. The zero-order chi connectivity index (χ0) is 9.52. The maximum absolute atomic E-state index is 10.4. The van der Waals surface area contributed by atoms with Gasteiger partial charge in [0.25, 0.3) is 0 Å². The molecule has 1 rings (SSSR count). The van der Waals surface area contributed by atoms with E-state index >= 15 is 0 Å². The fraction of sp³-hybridized carbons (Fsp3) is 0.500. The number of carboxylic acid groups (broad SMARTS) is 3. The van der Waals surface area contributed by atoms with Crippen LogP contribution in [0.4, 0.5) is 0 Å². The summed E-state index contributed by atoms with van der Waals surface area (Å²) in [5.74, 6) is -5.82. The van der Waals surface area contributed by atoms with Crippen LogP contribution < -0.4 is 0 Å². The molecule has 0 aromatic carbocycles. The third-order valence-electron chi connectivity index (χ3n) is 2.02. The van der Waals surface area contributed by atoms with Crippen LogP contribution in [0.15, 0.2) is 0 Å². The Balaban J connectivity index is 2.90. The summed E-state index contributed by atoms with van der Waals surface area (Å²) in [5, 5.41) is 25.3. The van der Waals surface area contributed by atoms with Crippen LogP contribution in [0.1, 0.15) is 6.42 Å². The molecule has 1 fully saturated rings. The monoisotopic (exact) mass is 174 g/mol. The highest BCUT2D eigenvalue weighted by molar-refractivity contribution is 6.07. The molecular weight excluding hydrogens is 168 g/mol. The lowest BCUT2D eigenvalue weighted by atomic mass is 10.1. The van der Waals surface area contributed by atoms with Gasteiger partial charge in [0.2, 0.25) is 0 Å². The van der Waals surface area contributed by atoms with E-state index in [0.717, 1.165) is 0 Å². The number of carbonyl (C=O) groups is 3. The van der Waals surface area contributed by atoms with Gasteiger partial charge in [0.05, 0.1) is 5.92 Å². The van der Waals surface area contributed by atoms with Crippen LogP contribution in [0.2, 0.25) is 0 Å². The van der Waals surface area contributed by atoms with E-state index in [1.54, 1.807) is 0 Å². The van der Waals surface area contributed by atoms with Crippen LogP contribution in [-0.2, 0) is 14.4 Å². The Labute approximate surface area is 66.4 Å². The minimum atomic E-state index is -2.08. The van der Waals surface area contributed by atoms with E-state index in [-0.39, 0.29) is 6.42 Å². The summed E-state index contributed by atoms with van der Waals surface area (Å²) in [6.45, 7) is 0. The van der Waals surface area contributed by atoms with Crippen molar-refractivity contribution in [3.63, 3.8) is 0 Å². The smallest absolute Gasteiger partial charge is 0.321 e. The fourth-order valence-electron chi connectivity index (χ4n) is 1.13. The second-order valence-electron chi connectivity index (χ2n) is 2.68. The molecule has 0 bridgehead atoms. The van der Waals surface area contributed by atoms with Crippen molar-refractivity contribution < 1.29 is 29.7 Å². The predicted octanol–water partition coefficient (Wildman–Crippen LogP) is -0.754. The van der Waals surface area contributed by atoms with Crippen LogP contribution >= 0.6 is 0 Å². The van der Waals surface area contributed by atoms with E-state index in [0.29, 0.717) is 0 Å². The third kappa shape index (κ3) is 0.843. The van der Waals surface area contributed by atoms with Gasteiger partial charge in [-0.05, 0) is 6.42 Å². The topological polar surface area (TPSA) is 112 Å². The Morgan fingerprint density at radius 3 is 1.58 bits per heavy atom. The summed E-state index contributed by atoms with van der Waals surface area (Å²) in [6.07, 6.45) is -0.326. The van der Waals surface area contributed by atoms with Gasteiger partial charge in [-0.15, -0.1) is 0 Å². The number of carboxylic acids is 3. The largest absolute Gasteiger partial charge is 0.481 e. The van der Waals surface area contributed by atoms with Gasteiger partial charge >= 0.3 is 17.9 Å². The highest BCUT2D eigenvalue weighted by Gasteiger charge is 2.70. The Bertz CT molecular complexity index is 253. The summed E-state index contributed by atoms with van der Waals surface area (Å²) < 4.78 is 0. The summed E-state index contributed by atoms with van der Waals surface area (Å²) in [4.78, 5) is 31.1. The first-order valence-electron chi connectivity index (χ1n) is 3.12. The van der Waals surface area contributed by atoms with Crippen molar-refractivity contribution in [2.45, 2.75) is 6.42 Å². The van der Waals surface area contributed by atoms with E-state index in [9.17, 15) is 14.4 Å². The molecule has 0 aromatic heterocycles. The number of aliphatic carboxylic acids is 3. The maximum Gasteiger partial charge on any atom is 0.321 e. The van der Waals surface area contributed by atoms with Gasteiger partial charge in [-0.2, -0.15) is 0 Å². The van der Waals surface area contributed by atoms with Gasteiger partial charge in [-0.25, -0.2) is 0 Å². The molecule has 1 saturated carbocycles. The van der Waals surface area contributed by atoms with Gasteiger partial charge in [0, 0.05) is 0 Å². The molecule has 0 saturated heterocycles. The molecule has 0 aliphatic heterocycles. The minimum absolute atomic E-state index is 0.326. The van der Waals surface area contributed by atoms with E-state index in [4.69, 9.17) is 15.3 Å². The molecular formula is C6H6O6. The molecule has 1 atom stereocenters. The van der Waals surface area contributed by atoms with Crippen LogP contribution in [0.3, 0.4) is 0 Å². The SMILES string of the molecule is O=C(O)[C@H]1CC1(C(=O)O)C(=O)O. The van der Waals surface area contributed by atoms with Crippen molar-refractivity contribution >= 4 is 17.9 Å². The second-order valence-corrected chi connectivity index (χ2v) is 2.68. The van der Waals surface area contributed by atoms with E-state index in [1.165, 1.54) is 0 Å². The summed E-state index contributed by atoms with van der Waals surface area (Å²) in [6, 6.07) is 0. The highest BCUT2D eigenvalue weighted by Crippen LogP contribution is 2.53. The van der Waals surface area contributed by atoms with E-state index in [1.807, 2.05) is 0 Å². The van der Waals surface area contributed by atoms with Crippen molar-refractivity contribution in [3.05, 3.63) is 0 Å². The van der Waals surface area contributed by atoms with Gasteiger partial charge in [0.1, 0.15) is 0 Å². The second kappa shape index (κ2) is 2.20. The first-order chi connectivity index (χ1) is 5.43. The Hall–Kier alpha value is -1.59. The molecule has 66 valence electrons. The predicted molar refractivity (Wildman–Crippen MR) is 33.4 cm³/mol. The van der Waals surface area contributed by atoms with Gasteiger partial charge in [-0.1, -0.05) is 0 Å². The Morgan fingerprint density at radius 2 is 1.50 bits per heavy atom. The first-order valence-corrected chi connectivity index (χ1v) is 3.12. The zero-order valence-corrected chi connectivity index (χ0v) is 5.85. The molecule has 6 nitrogen and oxygen atoms in total. The molecule has 1 aliphatic carbocycles. The quantitative estimate of drug-likeness (QED) is 0.485. The van der Waals surface area contributed by atoms with Crippen molar-refractivity contribution in [2.24, 2.45) is 11.3 Å². The summed E-state index contributed by atoms with van der Waals surface area (Å²) >= 11 is 0. The third-order valence-corrected chi connectivity index (χ3v) is 2.02.